The van der Waals surface area contributed by atoms with Crippen LogP contribution in [-0.2, 0) is 14.3 Å². The van der Waals surface area contributed by atoms with Gasteiger partial charge >= 0.3 is 0 Å². The van der Waals surface area contributed by atoms with Crippen molar-refractivity contribution in [3.05, 3.63) is 0 Å². The lowest BCUT2D eigenvalue weighted by Crippen LogP contribution is -2.59. The van der Waals surface area contributed by atoms with Gasteiger partial charge in [0.25, 0.3) is 0 Å². The molecule has 1 fully saturated rings. The third-order valence-corrected chi connectivity index (χ3v) is 3.50. The highest BCUT2D eigenvalue weighted by molar-refractivity contribution is 5.90. The van der Waals surface area contributed by atoms with Gasteiger partial charge in [0.1, 0.15) is 6.04 Å². The van der Waals surface area contributed by atoms with Crippen molar-refractivity contribution in [1.29, 1.82) is 0 Å². The highest BCUT2D eigenvalue weighted by atomic mass is 16.5. The summed E-state index contributed by atoms with van der Waals surface area (Å²) < 4.78 is 5.26. The number of nitrogens with one attached hydrogen (secondary N) is 1. The summed E-state index contributed by atoms with van der Waals surface area (Å²) >= 11 is 0. The van der Waals surface area contributed by atoms with Gasteiger partial charge in [0, 0.05) is 13.6 Å². The molecule has 104 valence electrons. The van der Waals surface area contributed by atoms with Gasteiger partial charge in [-0.25, -0.2) is 0 Å². The Labute approximate surface area is 108 Å². The minimum atomic E-state index is -0.564. The van der Waals surface area contributed by atoms with E-state index >= 15 is 0 Å². The molecule has 1 rings (SSSR count). The predicted octanol–water partition coefficient (Wildman–Crippen LogP) is -0.667. The summed E-state index contributed by atoms with van der Waals surface area (Å²) in [5, 5.41) is 2.55. The summed E-state index contributed by atoms with van der Waals surface area (Å²) in [7, 11) is 1.55. The zero-order chi connectivity index (χ0) is 13.7. The van der Waals surface area contributed by atoms with Crippen molar-refractivity contribution < 1.29 is 14.3 Å². The Kier molecular flexibility index (Phi) is 5.55. The van der Waals surface area contributed by atoms with Crippen molar-refractivity contribution >= 4 is 11.8 Å². The number of ether oxygens (including phenoxy) is 1. The molecule has 2 amide bonds. The lowest BCUT2D eigenvalue weighted by Gasteiger charge is -2.36. The number of carbonyl (C=O) groups excluding carboxylic acids is 2. The first kappa shape index (κ1) is 14.9. The molecule has 0 aromatic carbocycles. The topological polar surface area (TPSA) is 84.7 Å². The van der Waals surface area contributed by atoms with Gasteiger partial charge in [-0.15, -0.1) is 0 Å². The highest BCUT2D eigenvalue weighted by Crippen LogP contribution is 2.13. The second-order valence-corrected chi connectivity index (χ2v) is 4.65. The zero-order valence-electron chi connectivity index (χ0n) is 11.3. The van der Waals surface area contributed by atoms with Crippen LogP contribution in [0, 0.1) is 5.92 Å². The molecule has 6 heteroatoms. The number of morpholine rings is 1. The lowest BCUT2D eigenvalue weighted by molar-refractivity contribution is -0.150. The Morgan fingerprint density at radius 2 is 2.22 bits per heavy atom. The molecule has 0 saturated carbocycles. The quantitative estimate of drug-likeness (QED) is 0.700. The Morgan fingerprint density at radius 1 is 1.56 bits per heavy atom. The monoisotopic (exact) mass is 257 g/mol. The van der Waals surface area contributed by atoms with Crippen LogP contribution in [0.2, 0.25) is 0 Å². The van der Waals surface area contributed by atoms with Gasteiger partial charge in [-0.2, -0.15) is 0 Å². The Balaban J connectivity index is 2.77. The van der Waals surface area contributed by atoms with Crippen LogP contribution in [0.1, 0.15) is 20.3 Å². The first-order chi connectivity index (χ1) is 8.52. The van der Waals surface area contributed by atoms with Crippen molar-refractivity contribution in [2.75, 3.05) is 26.8 Å². The smallest absolute Gasteiger partial charge is 0.244 e. The summed E-state index contributed by atoms with van der Waals surface area (Å²) in [5.74, 6) is -0.272. The number of rotatable bonds is 4. The molecule has 1 aliphatic heterocycles. The van der Waals surface area contributed by atoms with Gasteiger partial charge in [0.05, 0.1) is 19.3 Å². The van der Waals surface area contributed by atoms with E-state index < -0.39 is 12.1 Å². The number of hydrogen-bond donors (Lipinski definition) is 2. The molecule has 3 atom stereocenters. The fourth-order valence-electron chi connectivity index (χ4n) is 1.94. The largest absolute Gasteiger partial charge is 0.377 e. The van der Waals surface area contributed by atoms with Crippen molar-refractivity contribution in [1.82, 2.24) is 10.2 Å². The van der Waals surface area contributed by atoms with Crippen molar-refractivity contribution in [3.8, 4) is 0 Å². The van der Waals surface area contributed by atoms with Crippen LogP contribution in [0.3, 0.4) is 0 Å². The third kappa shape index (κ3) is 3.20. The van der Waals surface area contributed by atoms with E-state index in [0.29, 0.717) is 13.2 Å². The predicted molar refractivity (Wildman–Crippen MR) is 67.8 cm³/mol. The zero-order valence-corrected chi connectivity index (χ0v) is 11.3. The molecule has 6 nitrogen and oxygen atoms in total. The van der Waals surface area contributed by atoms with Gasteiger partial charge in [-0.3, -0.25) is 9.59 Å². The van der Waals surface area contributed by atoms with Crippen LogP contribution in [0.15, 0.2) is 0 Å². The number of carbonyl (C=O) groups is 2. The van der Waals surface area contributed by atoms with Crippen LogP contribution in [0.5, 0.6) is 0 Å². The van der Waals surface area contributed by atoms with E-state index in [2.05, 4.69) is 5.32 Å². The fourth-order valence-corrected chi connectivity index (χ4v) is 1.94. The van der Waals surface area contributed by atoms with Gasteiger partial charge in [-0.05, 0) is 5.92 Å². The molecule has 1 saturated heterocycles. The number of hydrogen-bond acceptors (Lipinski definition) is 4. The fraction of sp³-hybridized carbons (Fsp3) is 0.833. The molecule has 3 N–H and O–H groups in total. The summed E-state index contributed by atoms with van der Waals surface area (Å²) in [4.78, 5) is 25.6. The third-order valence-electron chi connectivity index (χ3n) is 3.50. The number of amides is 2. The van der Waals surface area contributed by atoms with Gasteiger partial charge in [0.15, 0.2) is 0 Å². The first-order valence-electron chi connectivity index (χ1n) is 6.38. The summed E-state index contributed by atoms with van der Waals surface area (Å²) in [6, 6.07) is -1.12. The lowest BCUT2D eigenvalue weighted by atomic mass is 9.98. The van der Waals surface area contributed by atoms with Gasteiger partial charge in [0.2, 0.25) is 11.8 Å². The van der Waals surface area contributed by atoms with E-state index in [9.17, 15) is 9.59 Å². The average molecular weight is 257 g/mol. The minimum Gasteiger partial charge on any atom is -0.377 e. The van der Waals surface area contributed by atoms with Crippen LogP contribution >= 0.6 is 0 Å². The molecule has 0 bridgehead atoms. The molecule has 1 heterocycles. The number of nitrogens with two attached hydrogens (primary N) is 1. The number of nitrogens with zero attached hydrogens (tertiary/aromatic N) is 1. The second-order valence-electron chi connectivity index (χ2n) is 4.65. The van der Waals surface area contributed by atoms with Crippen LogP contribution < -0.4 is 11.1 Å². The van der Waals surface area contributed by atoms with E-state index in [-0.39, 0.29) is 24.3 Å². The molecule has 18 heavy (non-hydrogen) atoms. The van der Waals surface area contributed by atoms with Crippen molar-refractivity contribution in [2.24, 2.45) is 11.7 Å². The van der Waals surface area contributed by atoms with E-state index in [1.165, 1.54) is 0 Å². The Hall–Kier alpha value is -1.14. The Morgan fingerprint density at radius 3 is 2.78 bits per heavy atom. The van der Waals surface area contributed by atoms with Crippen LogP contribution in [-0.4, -0.2) is 55.6 Å². The summed E-state index contributed by atoms with van der Waals surface area (Å²) in [6.07, 6.45) is 0.835. The molecular weight excluding hydrogens is 234 g/mol. The van der Waals surface area contributed by atoms with E-state index in [1.807, 2.05) is 13.8 Å². The molecule has 0 spiro atoms. The van der Waals surface area contributed by atoms with Crippen LogP contribution in [0.25, 0.3) is 0 Å². The average Bonchev–Trinajstić information content (AvgIpc) is 2.43. The maximum Gasteiger partial charge on any atom is 0.244 e. The van der Waals surface area contributed by atoms with Gasteiger partial charge in [-0.1, -0.05) is 20.3 Å². The SMILES string of the molecule is CCC(C)C(N)C(=O)N1CCOCC1C(=O)NC. The van der Waals surface area contributed by atoms with Crippen molar-refractivity contribution in [3.63, 3.8) is 0 Å². The van der Waals surface area contributed by atoms with E-state index in [4.69, 9.17) is 10.5 Å². The van der Waals surface area contributed by atoms with Crippen LogP contribution in [0.4, 0.5) is 0 Å². The minimum absolute atomic E-state index is 0.102. The molecule has 0 aromatic rings. The highest BCUT2D eigenvalue weighted by Gasteiger charge is 2.35. The molecule has 0 aliphatic carbocycles. The molecule has 0 aromatic heterocycles. The van der Waals surface area contributed by atoms with Gasteiger partial charge < -0.3 is 20.7 Å². The standard InChI is InChI=1S/C12H23N3O3/c1-4-8(2)10(13)12(17)15-5-6-18-7-9(15)11(16)14-3/h8-10H,4-7,13H2,1-3H3,(H,14,16). The van der Waals surface area contributed by atoms with Crippen molar-refractivity contribution in [2.45, 2.75) is 32.4 Å². The molecular formula is C12H23N3O3. The first-order valence-corrected chi connectivity index (χ1v) is 6.38. The maximum absolute atomic E-state index is 12.3. The van der Waals surface area contributed by atoms with E-state index in [0.717, 1.165) is 6.42 Å². The maximum atomic E-state index is 12.3. The molecule has 0 radical (unpaired) electrons. The second kappa shape index (κ2) is 6.70. The molecule has 3 unspecified atom stereocenters. The normalized spacial score (nSPS) is 23.3. The Bertz CT molecular complexity index is 309. The summed E-state index contributed by atoms with van der Waals surface area (Å²) in [5.41, 5.74) is 5.94. The van der Waals surface area contributed by atoms with E-state index in [1.54, 1.807) is 11.9 Å². The number of likely N-dealkylation sites (N-methyl/N-ethyl adjacent to an activating group) is 1. The summed E-state index contributed by atoms with van der Waals surface area (Å²) in [6.45, 7) is 5.04. The molecule has 1 aliphatic rings.